The zero-order valence-electron chi connectivity index (χ0n) is 23.0. The largest absolute Gasteiger partial charge is 0.489 e. The first-order chi connectivity index (χ1) is 17.9. The molecule has 5 rings (SSSR count). The molecule has 1 saturated carbocycles. The van der Waals surface area contributed by atoms with E-state index in [4.69, 9.17) is 14.5 Å². The fourth-order valence-corrected chi connectivity index (χ4v) is 6.11. The first kappa shape index (κ1) is 26.6. The lowest BCUT2D eigenvalue weighted by atomic mass is 9.85. The molecule has 10 heteroatoms. The lowest BCUT2D eigenvalue weighted by molar-refractivity contribution is 0.0240. The van der Waals surface area contributed by atoms with Crippen molar-refractivity contribution >= 4 is 34.3 Å². The summed E-state index contributed by atoms with van der Waals surface area (Å²) in [7, 11) is 0. The summed E-state index contributed by atoms with van der Waals surface area (Å²) in [5, 5.41) is 13.0. The van der Waals surface area contributed by atoms with Gasteiger partial charge >= 0.3 is 12.2 Å². The highest BCUT2D eigenvalue weighted by Gasteiger charge is 2.39. The minimum Gasteiger partial charge on any atom is -0.489 e. The molecule has 38 heavy (non-hydrogen) atoms. The van der Waals surface area contributed by atoms with Gasteiger partial charge in [0.15, 0.2) is 5.13 Å². The normalized spacial score (nSPS) is 19.6. The molecular formula is C28H38N4O5S. The number of nitrogens with zero attached hydrogens (tertiary/aromatic N) is 4. The number of benzene rings is 1. The zero-order valence-corrected chi connectivity index (χ0v) is 23.8. The minimum absolute atomic E-state index is 0.160. The highest BCUT2D eigenvalue weighted by molar-refractivity contribution is 7.14. The van der Waals surface area contributed by atoms with Gasteiger partial charge < -0.3 is 24.4 Å². The van der Waals surface area contributed by atoms with E-state index in [9.17, 15) is 14.7 Å². The molecule has 0 spiro atoms. The number of piperazine rings is 1. The van der Waals surface area contributed by atoms with Crippen molar-refractivity contribution in [3.63, 3.8) is 0 Å². The van der Waals surface area contributed by atoms with Gasteiger partial charge in [-0.15, -0.1) is 11.3 Å². The van der Waals surface area contributed by atoms with Crippen molar-refractivity contribution in [3.05, 3.63) is 23.1 Å². The molecule has 0 atom stereocenters. The molecule has 1 aromatic carbocycles. The molecule has 206 valence electrons. The molecule has 2 amide bonds. The van der Waals surface area contributed by atoms with E-state index in [0.717, 1.165) is 59.8 Å². The maximum absolute atomic E-state index is 12.4. The van der Waals surface area contributed by atoms with Crippen LogP contribution in [0.4, 0.5) is 20.4 Å². The summed E-state index contributed by atoms with van der Waals surface area (Å²) < 4.78 is 12.1. The van der Waals surface area contributed by atoms with Crippen LogP contribution in [0.2, 0.25) is 0 Å². The number of hydrogen-bond donors (Lipinski definition) is 1. The monoisotopic (exact) mass is 542 g/mol. The lowest BCUT2D eigenvalue weighted by Crippen LogP contribution is -2.50. The van der Waals surface area contributed by atoms with Crippen LogP contribution in [0.15, 0.2) is 17.5 Å². The molecule has 1 saturated heterocycles. The Balaban J connectivity index is 1.39. The maximum atomic E-state index is 12.4. The van der Waals surface area contributed by atoms with Crippen LogP contribution < -0.4 is 14.5 Å². The van der Waals surface area contributed by atoms with Gasteiger partial charge in [-0.1, -0.05) is 0 Å². The van der Waals surface area contributed by atoms with Gasteiger partial charge in [-0.25, -0.2) is 14.6 Å². The Kier molecular flexibility index (Phi) is 6.96. The Labute approximate surface area is 228 Å². The molecule has 2 fully saturated rings. The van der Waals surface area contributed by atoms with Crippen molar-refractivity contribution in [2.24, 2.45) is 0 Å². The van der Waals surface area contributed by atoms with Crippen molar-refractivity contribution in [2.45, 2.75) is 84.0 Å². The maximum Gasteiger partial charge on any atom is 0.412 e. The molecule has 1 N–H and O–H groups in total. The van der Waals surface area contributed by atoms with Crippen LogP contribution in [0.5, 0.6) is 5.75 Å². The Morgan fingerprint density at radius 2 is 1.84 bits per heavy atom. The molecule has 2 aliphatic heterocycles. The van der Waals surface area contributed by atoms with E-state index in [1.807, 2.05) is 52.1 Å². The highest BCUT2D eigenvalue weighted by atomic mass is 32.1. The molecule has 9 nitrogen and oxygen atoms in total. The molecule has 3 heterocycles. The van der Waals surface area contributed by atoms with E-state index < -0.39 is 17.2 Å². The number of thiazole rings is 1. The van der Waals surface area contributed by atoms with Crippen molar-refractivity contribution in [2.75, 3.05) is 36.0 Å². The van der Waals surface area contributed by atoms with Crippen LogP contribution >= 0.6 is 11.3 Å². The third-order valence-electron chi connectivity index (χ3n) is 7.57. The number of hydrogen-bond acceptors (Lipinski definition) is 7. The number of carbonyl (C=O) groups excluding carboxylic acids is 1. The lowest BCUT2D eigenvalue weighted by Gasteiger charge is -2.42. The number of ether oxygens (including phenoxy) is 2. The van der Waals surface area contributed by atoms with Crippen LogP contribution in [0.1, 0.15) is 65.9 Å². The van der Waals surface area contributed by atoms with Gasteiger partial charge in [-0.05, 0) is 78.9 Å². The summed E-state index contributed by atoms with van der Waals surface area (Å²) in [5.41, 5.74) is 2.42. The number of carbonyl (C=O) groups is 2. The van der Waals surface area contributed by atoms with Gasteiger partial charge in [0.05, 0.1) is 17.5 Å². The quantitative estimate of drug-likeness (QED) is 0.506. The van der Waals surface area contributed by atoms with Gasteiger partial charge in [0, 0.05) is 48.2 Å². The summed E-state index contributed by atoms with van der Waals surface area (Å²) in [5.74, 6) is 0.778. The Morgan fingerprint density at radius 1 is 1.13 bits per heavy atom. The minimum atomic E-state index is -0.945. The number of carboxylic acid groups (broad SMARTS) is 1. The number of aromatic nitrogens is 1. The van der Waals surface area contributed by atoms with Crippen LogP contribution in [-0.4, -0.2) is 70.6 Å². The topological polar surface area (TPSA) is 95.4 Å². The number of rotatable bonds is 4. The van der Waals surface area contributed by atoms with Gasteiger partial charge in [0.1, 0.15) is 11.4 Å². The highest BCUT2D eigenvalue weighted by Crippen LogP contribution is 2.47. The predicted octanol–water partition coefficient (Wildman–Crippen LogP) is 6.01. The Hall–Kier alpha value is -3.01. The summed E-state index contributed by atoms with van der Waals surface area (Å²) in [6, 6.07) is 3.87. The Bertz CT molecular complexity index is 1210. The number of fused-ring (bicyclic) bond motifs is 1. The molecule has 0 unspecified atom stereocenters. The second kappa shape index (κ2) is 9.94. The second-order valence-corrected chi connectivity index (χ2v) is 12.8. The fraction of sp³-hybridized carbons (Fsp3) is 0.607. The number of amides is 2. The zero-order chi connectivity index (χ0) is 27.2. The molecule has 2 aromatic rings. The number of anilines is 2. The van der Waals surface area contributed by atoms with Crippen LogP contribution in [0.3, 0.4) is 0 Å². The van der Waals surface area contributed by atoms with Gasteiger partial charge in [-0.2, -0.15) is 0 Å². The predicted molar refractivity (Wildman–Crippen MR) is 149 cm³/mol. The second-order valence-electron chi connectivity index (χ2n) is 12.0. The molecule has 1 aliphatic carbocycles. The average molecular weight is 543 g/mol. The van der Waals surface area contributed by atoms with E-state index >= 15 is 0 Å². The first-order valence-electron chi connectivity index (χ1n) is 13.5. The SMILES string of the molecule is CC(C)(C)OC(=O)N1CCN(c2nc(-c3ccc4c(c3OC3CCC3)CCC(C)(C)N4C(=O)O)cs2)CC1. The van der Waals surface area contributed by atoms with E-state index in [-0.39, 0.29) is 12.2 Å². The van der Waals surface area contributed by atoms with Crippen molar-refractivity contribution in [3.8, 4) is 17.0 Å². The molecule has 0 bridgehead atoms. The molecule has 1 aromatic heterocycles. The summed E-state index contributed by atoms with van der Waals surface area (Å²) in [6.07, 6.45) is 3.60. The van der Waals surface area contributed by atoms with Crippen molar-refractivity contribution in [1.29, 1.82) is 0 Å². The third-order valence-corrected chi connectivity index (χ3v) is 8.47. The van der Waals surface area contributed by atoms with Crippen molar-refractivity contribution in [1.82, 2.24) is 9.88 Å². The van der Waals surface area contributed by atoms with Crippen LogP contribution in [0.25, 0.3) is 11.3 Å². The van der Waals surface area contributed by atoms with E-state index in [0.29, 0.717) is 31.9 Å². The molecule has 3 aliphatic rings. The average Bonchev–Trinajstić information content (AvgIpc) is 3.29. The van der Waals surface area contributed by atoms with E-state index in [2.05, 4.69) is 4.90 Å². The van der Waals surface area contributed by atoms with Crippen LogP contribution in [0, 0.1) is 0 Å². The first-order valence-corrected chi connectivity index (χ1v) is 14.4. The van der Waals surface area contributed by atoms with Gasteiger partial charge in [0.25, 0.3) is 0 Å². The Morgan fingerprint density at radius 3 is 2.45 bits per heavy atom. The van der Waals surface area contributed by atoms with Gasteiger partial charge in [-0.3, -0.25) is 4.90 Å². The standard InChI is InChI=1S/C28H38N4O5S/c1-27(2,3)37-26(35)31-15-13-30(14-16-31)24-29-21(17-38-24)19-9-10-22-20(23(19)36-18-7-6-8-18)11-12-28(4,5)32(22)25(33)34/h9-10,17-18H,6-8,11-16H2,1-5H3,(H,33,34). The van der Waals surface area contributed by atoms with E-state index in [1.165, 1.54) is 4.90 Å². The summed E-state index contributed by atoms with van der Waals surface area (Å²) in [6.45, 7) is 12.1. The van der Waals surface area contributed by atoms with Crippen molar-refractivity contribution < 1.29 is 24.2 Å². The molecular weight excluding hydrogens is 504 g/mol. The molecule has 0 radical (unpaired) electrons. The third kappa shape index (κ3) is 5.28. The fourth-order valence-electron chi connectivity index (χ4n) is 5.23. The van der Waals surface area contributed by atoms with Crippen LogP contribution in [-0.2, 0) is 11.2 Å². The van der Waals surface area contributed by atoms with E-state index in [1.54, 1.807) is 16.2 Å². The summed E-state index contributed by atoms with van der Waals surface area (Å²) >= 11 is 1.58. The smallest absolute Gasteiger partial charge is 0.412 e. The van der Waals surface area contributed by atoms with Gasteiger partial charge in [0.2, 0.25) is 0 Å². The summed E-state index contributed by atoms with van der Waals surface area (Å²) in [4.78, 5) is 35.1.